The molecular formula is C24H26N6O3. The second-order valence-electron chi connectivity index (χ2n) is 8.41. The molecule has 9 heteroatoms. The summed E-state index contributed by atoms with van der Waals surface area (Å²) in [5.41, 5.74) is 3.14. The Hall–Kier alpha value is -3.88. The number of nitrogens with one attached hydrogen (secondary N) is 1. The fourth-order valence-electron chi connectivity index (χ4n) is 4.51. The van der Waals surface area contributed by atoms with Gasteiger partial charge in [-0.3, -0.25) is 9.36 Å². The summed E-state index contributed by atoms with van der Waals surface area (Å²) in [6.45, 7) is 0. The number of aromatic carboxylic acids is 1. The molecule has 3 aromatic heterocycles. The Morgan fingerprint density at radius 3 is 2.70 bits per heavy atom. The number of hydrogen-bond acceptors (Lipinski definition) is 6. The van der Waals surface area contributed by atoms with Gasteiger partial charge in [0, 0.05) is 43.5 Å². The third kappa shape index (κ3) is 4.13. The van der Waals surface area contributed by atoms with Crippen molar-refractivity contribution in [1.82, 2.24) is 24.5 Å². The first-order chi connectivity index (χ1) is 16.0. The van der Waals surface area contributed by atoms with Crippen LogP contribution in [0.5, 0.6) is 5.75 Å². The average Bonchev–Trinajstić information content (AvgIpc) is 3.43. The van der Waals surface area contributed by atoms with Gasteiger partial charge in [-0.25, -0.2) is 9.78 Å². The van der Waals surface area contributed by atoms with Crippen molar-refractivity contribution >= 4 is 22.7 Å². The van der Waals surface area contributed by atoms with Gasteiger partial charge in [-0.15, -0.1) is 0 Å². The monoisotopic (exact) mass is 446 g/mol. The number of aromatic nitrogens is 5. The van der Waals surface area contributed by atoms with Crippen LogP contribution in [-0.4, -0.2) is 48.8 Å². The predicted octanol–water partition coefficient (Wildman–Crippen LogP) is 4.13. The number of carboxylic acid groups (broad SMARTS) is 1. The van der Waals surface area contributed by atoms with E-state index in [1.807, 2.05) is 44.8 Å². The number of nitrogens with zero attached hydrogens (tertiary/aromatic N) is 5. The number of ether oxygens (including phenoxy) is 1. The summed E-state index contributed by atoms with van der Waals surface area (Å²) in [7, 11) is 3.76. The van der Waals surface area contributed by atoms with E-state index in [4.69, 9.17) is 9.84 Å². The van der Waals surface area contributed by atoms with E-state index in [9.17, 15) is 9.90 Å². The Morgan fingerprint density at radius 1 is 1.18 bits per heavy atom. The number of fused-ring (bicyclic) bond motifs is 1. The first-order valence-electron chi connectivity index (χ1n) is 11.1. The van der Waals surface area contributed by atoms with Crippen LogP contribution in [0.3, 0.4) is 0 Å². The number of anilines is 1. The third-order valence-corrected chi connectivity index (χ3v) is 6.20. The van der Waals surface area contributed by atoms with Crippen LogP contribution >= 0.6 is 0 Å². The van der Waals surface area contributed by atoms with Crippen molar-refractivity contribution in [3.05, 3.63) is 54.5 Å². The highest BCUT2D eigenvalue weighted by atomic mass is 16.5. The second-order valence-corrected chi connectivity index (χ2v) is 8.41. The van der Waals surface area contributed by atoms with E-state index in [0.29, 0.717) is 5.75 Å². The number of rotatable bonds is 6. The molecule has 2 N–H and O–H groups in total. The fourth-order valence-corrected chi connectivity index (χ4v) is 4.51. The normalized spacial score (nSPS) is 18.4. The van der Waals surface area contributed by atoms with E-state index >= 15 is 0 Å². The summed E-state index contributed by atoms with van der Waals surface area (Å²) >= 11 is 0. The first-order valence-corrected chi connectivity index (χ1v) is 11.1. The van der Waals surface area contributed by atoms with E-state index in [2.05, 4.69) is 20.1 Å². The molecule has 4 aromatic rings. The number of aryl methyl sites for hydroxylation is 1. The van der Waals surface area contributed by atoms with Crippen molar-refractivity contribution in [3.63, 3.8) is 0 Å². The zero-order valence-corrected chi connectivity index (χ0v) is 18.6. The van der Waals surface area contributed by atoms with Gasteiger partial charge < -0.3 is 15.2 Å². The van der Waals surface area contributed by atoms with Crippen LogP contribution in [-0.2, 0) is 7.05 Å². The molecule has 0 aliphatic heterocycles. The number of pyridine rings is 1. The molecule has 1 aliphatic carbocycles. The average molecular weight is 447 g/mol. The van der Waals surface area contributed by atoms with E-state index in [1.54, 1.807) is 22.9 Å². The summed E-state index contributed by atoms with van der Waals surface area (Å²) in [6, 6.07) is 8.97. The van der Waals surface area contributed by atoms with Crippen molar-refractivity contribution in [2.45, 2.75) is 37.8 Å². The van der Waals surface area contributed by atoms with Gasteiger partial charge in [-0.05, 0) is 43.9 Å². The minimum Gasteiger partial charge on any atom is -0.490 e. The summed E-state index contributed by atoms with van der Waals surface area (Å²) in [6.07, 6.45) is 9.30. The third-order valence-electron chi connectivity index (χ3n) is 6.20. The van der Waals surface area contributed by atoms with Crippen molar-refractivity contribution in [2.75, 3.05) is 12.4 Å². The Morgan fingerprint density at radius 2 is 2.00 bits per heavy atom. The Balaban J connectivity index is 1.38. The molecule has 0 radical (unpaired) electrons. The van der Waals surface area contributed by atoms with Crippen LogP contribution < -0.4 is 10.1 Å². The van der Waals surface area contributed by atoms with Crippen molar-refractivity contribution in [3.8, 4) is 17.0 Å². The molecule has 0 unspecified atom stereocenters. The molecule has 170 valence electrons. The lowest BCUT2D eigenvalue weighted by Gasteiger charge is -2.29. The molecule has 9 nitrogen and oxygen atoms in total. The summed E-state index contributed by atoms with van der Waals surface area (Å²) in [5, 5.41) is 22.6. The maximum atomic E-state index is 11.2. The zero-order valence-electron chi connectivity index (χ0n) is 18.6. The highest BCUT2D eigenvalue weighted by Crippen LogP contribution is 2.36. The Labute approximate surface area is 191 Å². The molecule has 0 atom stereocenters. The molecule has 1 saturated carbocycles. The predicted molar refractivity (Wildman–Crippen MR) is 125 cm³/mol. The molecule has 1 aliphatic rings. The minimum absolute atomic E-state index is 0.0550. The standard InChI is InChI=1S/C24H26N6O3/c1-25-22-11-21-20(13-26-22)23(16-12-27-29(2)14-16)28-30(21)17-6-8-18(9-7-17)33-19-5-3-4-15(10-19)24(31)32/h3-5,10-14,17-18H,6-9H2,1-2H3,(H,25,26)(H,31,32). The molecule has 5 rings (SSSR count). The van der Waals surface area contributed by atoms with Crippen LogP contribution in [0.1, 0.15) is 42.1 Å². The van der Waals surface area contributed by atoms with Crippen molar-refractivity contribution in [2.24, 2.45) is 7.05 Å². The first kappa shape index (κ1) is 21.0. The molecule has 1 fully saturated rings. The number of carbonyl (C=O) groups is 1. The van der Waals surface area contributed by atoms with Gasteiger partial charge in [0.2, 0.25) is 0 Å². The van der Waals surface area contributed by atoms with Gasteiger partial charge in [0.05, 0.1) is 29.4 Å². The number of carboxylic acids is 1. The van der Waals surface area contributed by atoms with Crippen LogP contribution in [0.15, 0.2) is 48.9 Å². The van der Waals surface area contributed by atoms with E-state index < -0.39 is 5.97 Å². The Bertz CT molecular complexity index is 1300. The van der Waals surface area contributed by atoms with Crippen LogP contribution in [0.25, 0.3) is 22.2 Å². The maximum Gasteiger partial charge on any atom is 0.335 e. The van der Waals surface area contributed by atoms with Crippen LogP contribution in [0.4, 0.5) is 5.82 Å². The van der Waals surface area contributed by atoms with Gasteiger partial charge in [-0.1, -0.05) is 6.07 Å². The van der Waals surface area contributed by atoms with Crippen LogP contribution in [0, 0.1) is 0 Å². The molecule has 33 heavy (non-hydrogen) atoms. The lowest BCUT2D eigenvalue weighted by Crippen LogP contribution is -2.26. The smallest absolute Gasteiger partial charge is 0.335 e. The highest BCUT2D eigenvalue weighted by molar-refractivity contribution is 5.93. The molecule has 0 saturated heterocycles. The van der Waals surface area contributed by atoms with Gasteiger partial charge in [0.1, 0.15) is 17.3 Å². The number of hydrogen-bond donors (Lipinski definition) is 2. The van der Waals surface area contributed by atoms with Gasteiger partial charge in [0.15, 0.2) is 0 Å². The Kier molecular flexibility index (Phi) is 5.45. The molecule has 0 spiro atoms. The van der Waals surface area contributed by atoms with Crippen LogP contribution in [0.2, 0.25) is 0 Å². The molecule has 3 heterocycles. The zero-order chi connectivity index (χ0) is 22.9. The molecule has 1 aromatic carbocycles. The molecular weight excluding hydrogens is 420 g/mol. The fraction of sp³-hybridized carbons (Fsp3) is 0.333. The SMILES string of the molecule is CNc1cc2c(cn1)c(-c1cnn(C)c1)nn2C1CCC(Oc2cccc(C(=O)O)c2)CC1. The van der Waals surface area contributed by atoms with Gasteiger partial charge >= 0.3 is 5.97 Å². The van der Waals surface area contributed by atoms with E-state index in [0.717, 1.165) is 53.7 Å². The lowest BCUT2D eigenvalue weighted by molar-refractivity contribution is 0.0695. The highest BCUT2D eigenvalue weighted by Gasteiger charge is 2.27. The quantitative estimate of drug-likeness (QED) is 0.458. The molecule has 0 bridgehead atoms. The van der Waals surface area contributed by atoms with E-state index in [1.165, 1.54) is 0 Å². The summed E-state index contributed by atoms with van der Waals surface area (Å²) < 4.78 is 10.0. The van der Waals surface area contributed by atoms with E-state index in [-0.39, 0.29) is 17.7 Å². The topological polar surface area (TPSA) is 107 Å². The van der Waals surface area contributed by atoms with Crippen molar-refractivity contribution < 1.29 is 14.6 Å². The minimum atomic E-state index is -0.949. The van der Waals surface area contributed by atoms with Gasteiger partial charge in [-0.2, -0.15) is 10.2 Å². The largest absolute Gasteiger partial charge is 0.490 e. The summed E-state index contributed by atoms with van der Waals surface area (Å²) in [4.78, 5) is 15.7. The van der Waals surface area contributed by atoms with Gasteiger partial charge in [0.25, 0.3) is 0 Å². The number of benzene rings is 1. The maximum absolute atomic E-state index is 11.2. The molecule has 0 amide bonds. The summed E-state index contributed by atoms with van der Waals surface area (Å²) in [5.74, 6) is 0.456. The lowest BCUT2D eigenvalue weighted by atomic mass is 9.93. The van der Waals surface area contributed by atoms with Crippen molar-refractivity contribution in [1.29, 1.82) is 0 Å². The second kappa shape index (κ2) is 8.57.